The minimum atomic E-state index is -0.217. The molecular formula is C36H32Cl2N2O4. The van der Waals surface area contributed by atoms with Crippen LogP contribution in [0.2, 0.25) is 10.0 Å². The molecular weight excluding hydrogens is 595 g/mol. The summed E-state index contributed by atoms with van der Waals surface area (Å²) in [6, 6.07) is 31.6. The van der Waals surface area contributed by atoms with E-state index in [4.69, 9.17) is 32.7 Å². The number of halogens is 2. The van der Waals surface area contributed by atoms with Crippen molar-refractivity contribution in [3.8, 4) is 0 Å². The van der Waals surface area contributed by atoms with Gasteiger partial charge < -0.3 is 19.3 Å². The molecule has 0 saturated carbocycles. The molecule has 0 bridgehead atoms. The first-order valence-electron chi connectivity index (χ1n) is 14.9. The van der Waals surface area contributed by atoms with E-state index in [-0.39, 0.29) is 35.9 Å². The maximum Gasteiger partial charge on any atom is 0.233 e. The third kappa shape index (κ3) is 5.75. The van der Waals surface area contributed by atoms with E-state index in [1.165, 1.54) is 0 Å². The van der Waals surface area contributed by atoms with E-state index in [1.54, 1.807) is 0 Å². The van der Waals surface area contributed by atoms with Gasteiger partial charge in [0.25, 0.3) is 0 Å². The Morgan fingerprint density at radius 1 is 0.591 bits per heavy atom. The highest BCUT2D eigenvalue weighted by Gasteiger charge is 2.46. The molecule has 0 radical (unpaired) electrons. The second-order valence-corrected chi connectivity index (χ2v) is 12.6. The summed E-state index contributed by atoms with van der Waals surface area (Å²) >= 11 is 12.2. The van der Waals surface area contributed by atoms with Gasteiger partial charge in [-0.25, -0.2) is 0 Å². The molecule has 2 saturated heterocycles. The van der Waals surface area contributed by atoms with Crippen molar-refractivity contribution in [1.82, 2.24) is 9.80 Å². The van der Waals surface area contributed by atoms with Crippen molar-refractivity contribution in [3.63, 3.8) is 0 Å². The lowest BCUT2D eigenvalue weighted by atomic mass is 9.89. The van der Waals surface area contributed by atoms with E-state index in [0.717, 1.165) is 33.4 Å². The molecule has 2 amide bonds. The van der Waals surface area contributed by atoms with Gasteiger partial charge in [0.05, 0.1) is 37.3 Å². The summed E-state index contributed by atoms with van der Waals surface area (Å²) in [5, 5.41) is 1.35. The van der Waals surface area contributed by atoms with E-state index >= 15 is 0 Å². The van der Waals surface area contributed by atoms with Crippen molar-refractivity contribution in [2.75, 3.05) is 13.1 Å². The van der Waals surface area contributed by atoms with Crippen LogP contribution in [0.5, 0.6) is 0 Å². The van der Waals surface area contributed by atoms with Gasteiger partial charge in [0.1, 0.15) is 0 Å². The van der Waals surface area contributed by atoms with Crippen LogP contribution in [0, 0.1) is 0 Å². The fraction of sp³-hybridized carbons (Fsp3) is 0.278. The normalized spacial score (nSPS) is 23.3. The number of ether oxygens (including phenoxy) is 2. The Hall–Kier alpha value is -3.68. The number of fused-ring (bicyclic) bond motifs is 6. The average molecular weight is 628 g/mol. The number of carbonyl (C=O) groups excluding carboxylic acids is 2. The van der Waals surface area contributed by atoms with Gasteiger partial charge in [0, 0.05) is 36.2 Å². The predicted octanol–water partition coefficient (Wildman–Crippen LogP) is 6.73. The summed E-state index contributed by atoms with van der Waals surface area (Å²) in [5.41, 5.74) is 6.48. The van der Waals surface area contributed by atoms with Crippen molar-refractivity contribution in [2.24, 2.45) is 0 Å². The Balaban J connectivity index is 0.000000142. The first-order valence-corrected chi connectivity index (χ1v) is 15.7. The Bertz CT molecular complexity index is 1560. The van der Waals surface area contributed by atoms with Gasteiger partial charge in [-0.2, -0.15) is 0 Å². The van der Waals surface area contributed by atoms with Crippen molar-refractivity contribution >= 4 is 35.0 Å². The largest absolute Gasteiger partial charge is 0.371 e. The third-order valence-electron chi connectivity index (χ3n) is 8.92. The molecule has 0 aliphatic carbocycles. The second kappa shape index (κ2) is 12.4. The standard InChI is InChI=1S/2C18H16ClNO2/c2*19-14-7-6-13-11-22-16-10-20(9-12-4-2-1-3-5-12)18(21)17(16)15(13)8-14/h2*1-8,16-17H,9-11H2/t16-,17+;16-,17-/m00/s1. The summed E-state index contributed by atoms with van der Waals surface area (Å²) < 4.78 is 11.8. The number of hydrogen-bond acceptors (Lipinski definition) is 4. The fourth-order valence-corrected chi connectivity index (χ4v) is 7.12. The minimum absolute atomic E-state index is 0.0674. The number of benzene rings is 4. The Morgan fingerprint density at radius 3 is 1.41 bits per heavy atom. The van der Waals surface area contributed by atoms with Crippen LogP contribution in [0.15, 0.2) is 97.1 Å². The van der Waals surface area contributed by atoms with Crippen LogP contribution in [0.1, 0.15) is 45.2 Å². The van der Waals surface area contributed by atoms with Gasteiger partial charge in [0.15, 0.2) is 0 Å². The molecule has 6 nitrogen and oxygen atoms in total. The number of nitrogens with zero attached hydrogens (tertiary/aromatic N) is 2. The quantitative estimate of drug-likeness (QED) is 0.252. The maximum atomic E-state index is 12.8. The Kier molecular flexibility index (Phi) is 8.17. The molecule has 44 heavy (non-hydrogen) atoms. The van der Waals surface area contributed by atoms with Crippen LogP contribution in [0.4, 0.5) is 0 Å². The van der Waals surface area contributed by atoms with Crippen LogP contribution in [-0.2, 0) is 45.4 Å². The molecule has 0 spiro atoms. The van der Waals surface area contributed by atoms with Crippen LogP contribution in [0.25, 0.3) is 0 Å². The molecule has 4 aliphatic heterocycles. The second-order valence-electron chi connectivity index (χ2n) is 11.7. The van der Waals surface area contributed by atoms with E-state index in [0.29, 0.717) is 49.4 Å². The minimum Gasteiger partial charge on any atom is -0.371 e. The number of likely N-dealkylation sites (tertiary alicyclic amines) is 2. The molecule has 224 valence electrons. The molecule has 8 heteroatoms. The van der Waals surface area contributed by atoms with E-state index < -0.39 is 0 Å². The van der Waals surface area contributed by atoms with Crippen LogP contribution in [0.3, 0.4) is 0 Å². The highest BCUT2D eigenvalue weighted by molar-refractivity contribution is 6.31. The van der Waals surface area contributed by atoms with E-state index in [2.05, 4.69) is 0 Å². The average Bonchev–Trinajstić information content (AvgIpc) is 3.53. The molecule has 8 rings (SSSR count). The first kappa shape index (κ1) is 29.1. The first-order chi connectivity index (χ1) is 21.4. The maximum absolute atomic E-state index is 12.8. The fourth-order valence-electron chi connectivity index (χ4n) is 6.76. The summed E-state index contributed by atoms with van der Waals surface area (Å²) in [7, 11) is 0. The van der Waals surface area contributed by atoms with Crippen molar-refractivity contribution < 1.29 is 19.1 Å². The molecule has 2 fully saturated rings. The molecule has 4 aliphatic rings. The lowest BCUT2D eigenvalue weighted by Crippen LogP contribution is -2.28. The molecule has 4 aromatic carbocycles. The Labute approximate surface area is 267 Å². The van der Waals surface area contributed by atoms with Gasteiger partial charge in [0.2, 0.25) is 11.8 Å². The summed E-state index contributed by atoms with van der Waals surface area (Å²) in [6.45, 7) is 3.66. The zero-order chi connectivity index (χ0) is 30.2. The lowest BCUT2D eigenvalue weighted by molar-refractivity contribution is -0.130. The lowest BCUT2D eigenvalue weighted by Gasteiger charge is -2.26. The van der Waals surface area contributed by atoms with Crippen molar-refractivity contribution in [2.45, 2.75) is 50.3 Å². The van der Waals surface area contributed by atoms with Crippen LogP contribution in [-0.4, -0.2) is 46.9 Å². The van der Waals surface area contributed by atoms with Gasteiger partial charge in [-0.1, -0.05) is 96.0 Å². The zero-order valence-electron chi connectivity index (χ0n) is 24.1. The monoisotopic (exact) mass is 626 g/mol. The third-order valence-corrected chi connectivity index (χ3v) is 9.39. The van der Waals surface area contributed by atoms with Crippen LogP contribution < -0.4 is 0 Å². The molecule has 4 heterocycles. The topological polar surface area (TPSA) is 59.1 Å². The van der Waals surface area contributed by atoms with Crippen LogP contribution >= 0.6 is 23.2 Å². The molecule has 4 aromatic rings. The van der Waals surface area contributed by atoms with Gasteiger partial charge in [-0.15, -0.1) is 0 Å². The van der Waals surface area contributed by atoms with Crippen molar-refractivity contribution in [1.29, 1.82) is 0 Å². The number of rotatable bonds is 4. The molecule has 0 N–H and O–H groups in total. The number of hydrogen-bond donors (Lipinski definition) is 0. The number of amides is 2. The SMILES string of the molecule is O=C1[C@@H]2c3cc(Cl)ccc3CO[C@H]2CN1Cc1ccccc1.O=C1[C@H]2c3cc(Cl)ccc3CO[C@H]2CN1Cc1ccccc1. The molecule has 0 aromatic heterocycles. The van der Waals surface area contributed by atoms with E-state index in [9.17, 15) is 9.59 Å². The highest BCUT2D eigenvalue weighted by atomic mass is 35.5. The highest BCUT2D eigenvalue weighted by Crippen LogP contribution is 2.40. The number of carbonyl (C=O) groups is 2. The molecule has 0 unspecified atom stereocenters. The predicted molar refractivity (Wildman–Crippen MR) is 169 cm³/mol. The van der Waals surface area contributed by atoms with Crippen molar-refractivity contribution in [3.05, 3.63) is 140 Å². The summed E-state index contributed by atoms with van der Waals surface area (Å²) in [4.78, 5) is 29.4. The Morgan fingerprint density at radius 2 is 1.00 bits per heavy atom. The summed E-state index contributed by atoms with van der Waals surface area (Å²) in [6.07, 6.45) is -0.135. The van der Waals surface area contributed by atoms with E-state index in [1.807, 2.05) is 107 Å². The van der Waals surface area contributed by atoms with Gasteiger partial charge >= 0.3 is 0 Å². The van der Waals surface area contributed by atoms with Gasteiger partial charge in [-0.05, 0) is 57.6 Å². The zero-order valence-corrected chi connectivity index (χ0v) is 25.6. The smallest absolute Gasteiger partial charge is 0.233 e. The molecule has 4 atom stereocenters. The van der Waals surface area contributed by atoms with Gasteiger partial charge in [-0.3, -0.25) is 9.59 Å². The summed E-state index contributed by atoms with van der Waals surface area (Å²) in [5.74, 6) is -0.161.